The van der Waals surface area contributed by atoms with E-state index in [1.54, 1.807) is 24.3 Å². The van der Waals surface area contributed by atoms with Gasteiger partial charge >= 0.3 is 5.97 Å². The molecule has 0 saturated carbocycles. The number of benzene rings is 1. The zero-order valence-electron chi connectivity index (χ0n) is 7.41. The Balaban J connectivity index is 2.87. The fraction of sp³-hybridized carbons (Fsp3) is 0.300. The fourth-order valence-corrected chi connectivity index (χ4v) is 1.58. The maximum Gasteiger partial charge on any atom is 0.311 e. The van der Waals surface area contributed by atoms with Gasteiger partial charge in [0.25, 0.3) is 0 Å². The summed E-state index contributed by atoms with van der Waals surface area (Å²) in [6.45, 7) is 0. The number of rotatable bonds is 4. The van der Waals surface area contributed by atoms with Crippen LogP contribution in [-0.2, 0) is 4.79 Å². The van der Waals surface area contributed by atoms with Gasteiger partial charge in [-0.3, -0.25) is 4.79 Å². The number of alkyl halides is 1. The summed E-state index contributed by atoms with van der Waals surface area (Å²) in [5, 5.41) is 9.54. The average molecular weight is 233 g/mol. The molecule has 1 aromatic carbocycles. The van der Waals surface area contributed by atoms with Crippen LogP contribution in [0.15, 0.2) is 24.3 Å². The van der Waals surface area contributed by atoms with Crippen LogP contribution in [0.4, 0.5) is 0 Å². The molecule has 1 N–H and O–H groups in total. The molecule has 1 rings (SSSR count). The molecule has 0 saturated heterocycles. The predicted octanol–water partition coefficient (Wildman–Crippen LogP) is 3.14. The second kappa shape index (κ2) is 5.23. The third kappa shape index (κ3) is 2.89. The quantitative estimate of drug-likeness (QED) is 0.811. The topological polar surface area (TPSA) is 37.3 Å². The van der Waals surface area contributed by atoms with Crippen molar-refractivity contribution in [3.63, 3.8) is 0 Å². The first-order valence-electron chi connectivity index (χ1n) is 4.19. The van der Waals surface area contributed by atoms with Gasteiger partial charge in [-0.05, 0) is 24.1 Å². The highest BCUT2D eigenvalue weighted by molar-refractivity contribution is 6.30. The molecule has 0 radical (unpaired) electrons. The number of halogens is 2. The van der Waals surface area contributed by atoms with Gasteiger partial charge in [-0.1, -0.05) is 23.7 Å². The number of aliphatic carboxylic acids is 1. The van der Waals surface area contributed by atoms with Crippen molar-refractivity contribution in [2.45, 2.75) is 12.3 Å². The second-order valence-electron chi connectivity index (χ2n) is 2.92. The summed E-state index contributed by atoms with van der Waals surface area (Å²) in [6.07, 6.45) is 0.429. The van der Waals surface area contributed by atoms with Crippen LogP contribution in [0, 0.1) is 0 Å². The third-order valence-electron chi connectivity index (χ3n) is 1.97. The molecule has 0 aromatic heterocycles. The van der Waals surface area contributed by atoms with Crippen LogP contribution in [0.3, 0.4) is 0 Å². The van der Waals surface area contributed by atoms with E-state index in [9.17, 15) is 4.79 Å². The van der Waals surface area contributed by atoms with Crippen molar-refractivity contribution in [3.05, 3.63) is 34.9 Å². The van der Waals surface area contributed by atoms with E-state index < -0.39 is 11.9 Å². The Hall–Kier alpha value is -0.730. The van der Waals surface area contributed by atoms with Crippen LogP contribution in [-0.4, -0.2) is 17.0 Å². The highest BCUT2D eigenvalue weighted by atomic mass is 35.5. The summed E-state index contributed by atoms with van der Waals surface area (Å²) < 4.78 is 0. The van der Waals surface area contributed by atoms with Crippen LogP contribution >= 0.6 is 23.2 Å². The largest absolute Gasteiger partial charge is 0.481 e. The molecule has 2 nitrogen and oxygen atoms in total. The molecular formula is C10H10Cl2O2. The number of hydrogen-bond acceptors (Lipinski definition) is 1. The average Bonchev–Trinajstić information content (AvgIpc) is 2.15. The fourth-order valence-electron chi connectivity index (χ4n) is 1.24. The summed E-state index contributed by atoms with van der Waals surface area (Å²) >= 11 is 11.2. The first-order valence-corrected chi connectivity index (χ1v) is 5.10. The van der Waals surface area contributed by atoms with Crippen molar-refractivity contribution in [3.8, 4) is 0 Å². The summed E-state index contributed by atoms with van der Waals surface area (Å²) in [7, 11) is 0. The normalized spacial score (nSPS) is 12.4. The molecule has 14 heavy (non-hydrogen) atoms. The van der Waals surface area contributed by atoms with Crippen molar-refractivity contribution in [2.75, 3.05) is 5.88 Å². The van der Waals surface area contributed by atoms with E-state index in [-0.39, 0.29) is 0 Å². The van der Waals surface area contributed by atoms with Gasteiger partial charge in [0.15, 0.2) is 0 Å². The minimum absolute atomic E-state index is 0.333. The lowest BCUT2D eigenvalue weighted by atomic mass is 9.97. The number of carboxylic acid groups (broad SMARTS) is 1. The van der Waals surface area contributed by atoms with E-state index in [1.807, 2.05) is 0 Å². The Morgan fingerprint density at radius 1 is 1.36 bits per heavy atom. The Morgan fingerprint density at radius 3 is 2.36 bits per heavy atom. The van der Waals surface area contributed by atoms with Crippen molar-refractivity contribution < 1.29 is 9.90 Å². The minimum Gasteiger partial charge on any atom is -0.481 e. The van der Waals surface area contributed by atoms with E-state index in [0.717, 1.165) is 5.56 Å². The molecule has 0 aliphatic carbocycles. The van der Waals surface area contributed by atoms with E-state index in [2.05, 4.69) is 0 Å². The van der Waals surface area contributed by atoms with Gasteiger partial charge in [0, 0.05) is 10.9 Å². The van der Waals surface area contributed by atoms with E-state index >= 15 is 0 Å². The van der Waals surface area contributed by atoms with Gasteiger partial charge in [0.05, 0.1) is 5.92 Å². The van der Waals surface area contributed by atoms with Crippen LogP contribution < -0.4 is 0 Å². The van der Waals surface area contributed by atoms with E-state index in [1.165, 1.54) is 0 Å². The first-order chi connectivity index (χ1) is 6.65. The van der Waals surface area contributed by atoms with Crippen molar-refractivity contribution >= 4 is 29.2 Å². The number of hydrogen-bond donors (Lipinski definition) is 1. The smallest absolute Gasteiger partial charge is 0.311 e. The molecule has 0 amide bonds. The Kier molecular flexibility index (Phi) is 4.23. The van der Waals surface area contributed by atoms with E-state index in [0.29, 0.717) is 17.3 Å². The summed E-state index contributed by atoms with van der Waals surface area (Å²) in [5.74, 6) is -1.06. The zero-order valence-corrected chi connectivity index (χ0v) is 8.92. The minimum atomic E-state index is -0.854. The van der Waals surface area contributed by atoms with Crippen molar-refractivity contribution in [1.82, 2.24) is 0 Å². The molecule has 0 heterocycles. The van der Waals surface area contributed by atoms with Gasteiger partial charge in [0.1, 0.15) is 0 Å². The second-order valence-corrected chi connectivity index (χ2v) is 3.73. The monoisotopic (exact) mass is 232 g/mol. The predicted molar refractivity (Wildman–Crippen MR) is 57.2 cm³/mol. The standard InChI is InChI=1S/C10H10Cl2O2/c11-6-5-9(10(13)14)7-1-3-8(12)4-2-7/h1-4,9H,5-6H2,(H,13,14). The van der Waals surface area contributed by atoms with Gasteiger partial charge in [-0.15, -0.1) is 11.6 Å². The molecule has 0 fully saturated rings. The molecule has 0 aliphatic heterocycles. The lowest BCUT2D eigenvalue weighted by molar-refractivity contribution is -0.138. The molecular weight excluding hydrogens is 223 g/mol. The van der Waals surface area contributed by atoms with Crippen molar-refractivity contribution in [2.24, 2.45) is 0 Å². The Morgan fingerprint density at radius 2 is 1.93 bits per heavy atom. The molecule has 0 spiro atoms. The zero-order chi connectivity index (χ0) is 10.6. The highest BCUT2D eigenvalue weighted by Crippen LogP contribution is 2.22. The van der Waals surface area contributed by atoms with Gasteiger partial charge in [-0.2, -0.15) is 0 Å². The maximum atomic E-state index is 10.9. The number of carboxylic acids is 1. The van der Waals surface area contributed by atoms with Crippen LogP contribution in [0.25, 0.3) is 0 Å². The third-order valence-corrected chi connectivity index (χ3v) is 2.44. The molecule has 4 heteroatoms. The molecule has 0 bridgehead atoms. The maximum absolute atomic E-state index is 10.9. The SMILES string of the molecule is O=C(O)C(CCCl)c1ccc(Cl)cc1. The van der Waals surface area contributed by atoms with Crippen LogP contribution in [0.5, 0.6) is 0 Å². The van der Waals surface area contributed by atoms with Crippen LogP contribution in [0.2, 0.25) is 5.02 Å². The van der Waals surface area contributed by atoms with Gasteiger partial charge in [-0.25, -0.2) is 0 Å². The van der Waals surface area contributed by atoms with E-state index in [4.69, 9.17) is 28.3 Å². The lowest BCUT2D eigenvalue weighted by Gasteiger charge is -2.10. The molecule has 1 unspecified atom stereocenters. The number of carbonyl (C=O) groups is 1. The van der Waals surface area contributed by atoms with Crippen LogP contribution in [0.1, 0.15) is 17.9 Å². The first kappa shape index (κ1) is 11.3. The van der Waals surface area contributed by atoms with Gasteiger partial charge in [0.2, 0.25) is 0 Å². The Bertz CT molecular complexity index is 308. The van der Waals surface area contributed by atoms with Gasteiger partial charge < -0.3 is 5.11 Å². The highest BCUT2D eigenvalue weighted by Gasteiger charge is 2.18. The summed E-state index contributed by atoms with van der Waals surface area (Å²) in [4.78, 5) is 10.9. The Labute approximate surface area is 92.5 Å². The molecule has 76 valence electrons. The molecule has 1 atom stereocenters. The van der Waals surface area contributed by atoms with Crippen molar-refractivity contribution in [1.29, 1.82) is 0 Å². The summed E-state index contributed by atoms with van der Waals surface area (Å²) in [6, 6.07) is 6.80. The molecule has 0 aliphatic rings. The molecule has 1 aromatic rings. The lowest BCUT2D eigenvalue weighted by Crippen LogP contribution is -2.11. The summed E-state index contributed by atoms with van der Waals surface area (Å²) in [5.41, 5.74) is 0.738.